The van der Waals surface area contributed by atoms with Crippen LogP contribution in [-0.2, 0) is 16.0 Å². The fraction of sp³-hybridized carbons (Fsp3) is 0.611. The van der Waals surface area contributed by atoms with E-state index in [4.69, 9.17) is 9.26 Å². The Labute approximate surface area is 147 Å². The summed E-state index contributed by atoms with van der Waals surface area (Å²) >= 11 is 0. The fourth-order valence-corrected chi connectivity index (χ4v) is 3.66. The topological polar surface area (TPSA) is 91.0 Å². The standard InChI is InChI=1S/C18H24N4O3/c1-12-9-13(11-18(2,3)10-12)24-15(23)6-5-14-21-17(22-25-14)16-19-7-4-8-20-16/h4,7-8,12-13H,5-6,9-11H2,1-3H3/t12-,13+/m1/s1. The van der Waals surface area contributed by atoms with Gasteiger partial charge in [-0.3, -0.25) is 4.79 Å². The predicted octanol–water partition coefficient (Wildman–Crippen LogP) is 3.22. The van der Waals surface area contributed by atoms with Gasteiger partial charge in [0.15, 0.2) is 0 Å². The van der Waals surface area contributed by atoms with Gasteiger partial charge in [0.2, 0.25) is 17.5 Å². The third-order valence-electron chi connectivity index (χ3n) is 4.42. The molecule has 0 radical (unpaired) electrons. The molecule has 0 unspecified atom stereocenters. The molecule has 0 aliphatic heterocycles. The van der Waals surface area contributed by atoms with Gasteiger partial charge in [-0.15, -0.1) is 0 Å². The highest BCUT2D eigenvalue weighted by molar-refractivity contribution is 5.69. The summed E-state index contributed by atoms with van der Waals surface area (Å²) in [7, 11) is 0. The summed E-state index contributed by atoms with van der Waals surface area (Å²) in [5.41, 5.74) is 0.222. The molecule has 0 spiro atoms. The zero-order chi connectivity index (χ0) is 17.9. The Bertz CT molecular complexity index is 714. The first kappa shape index (κ1) is 17.5. The molecular formula is C18H24N4O3. The molecule has 3 rings (SSSR count). The highest BCUT2D eigenvalue weighted by Crippen LogP contribution is 2.39. The summed E-state index contributed by atoms with van der Waals surface area (Å²) < 4.78 is 10.8. The summed E-state index contributed by atoms with van der Waals surface area (Å²) in [5, 5.41) is 3.85. The molecule has 0 aromatic carbocycles. The number of nitrogens with zero attached hydrogens (tertiary/aromatic N) is 4. The van der Waals surface area contributed by atoms with E-state index in [1.807, 2.05) is 0 Å². The van der Waals surface area contributed by atoms with E-state index in [0.717, 1.165) is 12.8 Å². The van der Waals surface area contributed by atoms with Crippen LogP contribution in [0.15, 0.2) is 23.0 Å². The maximum Gasteiger partial charge on any atom is 0.306 e. The minimum absolute atomic E-state index is 0.00205. The van der Waals surface area contributed by atoms with Crippen LogP contribution in [0.3, 0.4) is 0 Å². The van der Waals surface area contributed by atoms with Gasteiger partial charge in [-0.05, 0) is 36.7 Å². The summed E-state index contributed by atoms with van der Waals surface area (Å²) in [6.45, 7) is 6.68. The van der Waals surface area contributed by atoms with Crippen LogP contribution in [0.4, 0.5) is 0 Å². The van der Waals surface area contributed by atoms with Crippen molar-refractivity contribution >= 4 is 5.97 Å². The molecule has 25 heavy (non-hydrogen) atoms. The van der Waals surface area contributed by atoms with E-state index < -0.39 is 0 Å². The first-order valence-electron chi connectivity index (χ1n) is 8.71. The molecule has 0 amide bonds. The first-order valence-corrected chi connectivity index (χ1v) is 8.71. The van der Waals surface area contributed by atoms with Crippen molar-refractivity contribution in [3.63, 3.8) is 0 Å². The van der Waals surface area contributed by atoms with Crippen molar-refractivity contribution in [1.29, 1.82) is 0 Å². The van der Waals surface area contributed by atoms with Crippen LogP contribution in [0.25, 0.3) is 11.6 Å². The third kappa shape index (κ3) is 4.84. The van der Waals surface area contributed by atoms with Gasteiger partial charge in [0.25, 0.3) is 0 Å². The SMILES string of the molecule is C[C@@H]1C[C@H](OC(=O)CCc2nc(-c3ncccn3)no2)CC(C)(C)C1. The lowest BCUT2D eigenvalue weighted by Crippen LogP contribution is -2.34. The van der Waals surface area contributed by atoms with Gasteiger partial charge < -0.3 is 9.26 Å². The summed E-state index contributed by atoms with van der Waals surface area (Å²) in [5.74, 6) is 1.47. The van der Waals surface area contributed by atoms with Crippen molar-refractivity contribution in [2.24, 2.45) is 11.3 Å². The van der Waals surface area contributed by atoms with Crippen molar-refractivity contribution < 1.29 is 14.1 Å². The molecule has 7 nitrogen and oxygen atoms in total. The average molecular weight is 344 g/mol. The Balaban J connectivity index is 1.50. The number of hydrogen-bond donors (Lipinski definition) is 0. The maximum absolute atomic E-state index is 12.1. The zero-order valence-electron chi connectivity index (χ0n) is 14.9. The molecule has 2 atom stereocenters. The Morgan fingerprint density at radius 3 is 2.76 bits per heavy atom. The minimum Gasteiger partial charge on any atom is -0.462 e. The number of ether oxygens (including phenoxy) is 1. The first-order chi connectivity index (χ1) is 11.9. The fourth-order valence-electron chi connectivity index (χ4n) is 3.66. The second-order valence-electron chi connectivity index (χ2n) is 7.61. The summed E-state index contributed by atoms with van der Waals surface area (Å²) in [6.07, 6.45) is 6.83. The number of aromatic nitrogens is 4. The van der Waals surface area contributed by atoms with E-state index in [2.05, 4.69) is 40.9 Å². The Kier molecular flexibility index (Phi) is 5.11. The normalized spacial score (nSPS) is 22.5. The number of carbonyl (C=O) groups is 1. The molecule has 1 aliphatic rings. The molecular weight excluding hydrogens is 320 g/mol. The largest absolute Gasteiger partial charge is 0.462 e. The quantitative estimate of drug-likeness (QED) is 0.769. The lowest BCUT2D eigenvalue weighted by atomic mass is 9.71. The van der Waals surface area contributed by atoms with Crippen LogP contribution < -0.4 is 0 Å². The molecule has 2 heterocycles. The van der Waals surface area contributed by atoms with Crippen LogP contribution >= 0.6 is 0 Å². The molecule has 1 aliphatic carbocycles. The molecule has 0 saturated heterocycles. The van der Waals surface area contributed by atoms with Gasteiger partial charge in [-0.1, -0.05) is 25.9 Å². The smallest absolute Gasteiger partial charge is 0.306 e. The molecule has 0 N–H and O–H groups in total. The third-order valence-corrected chi connectivity index (χ3v) is 4.42. The Hall–Kier alpha value is -2.31. The second-order valence-corrected chi connectivity index (χ2v) is 7.61. The van der Waals surface area contributed by atoms with Gasteiger partial charge in [0.05, 0.1) is 6.42 Å². The number of aryl methyl sites for hydroxylation is 1. The minimum atomic E-state index is -0.217. The van der Waals surface area contributed by atoms with Crippen molar-refractivity contribution in [1.82, 2.24) is 20.1 Å². The van der Waals surface area contributed by atoms with E-state index >= 15 is 0 Å². The summed E-state index contributed by atoms with van der Waals surface area (Å²) in [4.78, 5) is 24.5. The number of hydrogen-bond acceptors (Lipinski definition) is 7. The molecule has 1 fully saturated rings. The average Bonchev–Trinajstić information content (AvgIpc) is 3.01. The summed E-state index contributed by atoms with van der Waals surface area (Å²) in [6, 6.07) is 1.72. The molecule has 0 bridgehead atoms. The van der Waals surface area contributed by atoms with Crippen LogP contribution in [0.5, 0.6) is 0 Å². The lowest BCUT2D eigenvalue weighted by Gasteiger charge is -2.38. The van der Waals surface area contributed by atoms with E-state index in [0.29, 0.717) is 29.9 Å². The molecule has 2 aromatic rings. The van der Waals surface area contributed by atoms with E-state index in [9.17, 15) is 4.79 Å². The van der Waals surface area contributed by atoms with Crippen molar-refractivity contribution in [2.45, 2.75) is 59.0 Å². The second kappa shape index (κ2) is 7.29. The maximum atomic E-state index is 12.1. The lowest BCUT2D eigenvalue weighted by molar-refractivity contribution is -0.153. The highest BCUT2D eigenvalue weighted by Gasteiger charge is 2.33. The van der Waals surface area contributed by atoms with Gasteiger partial charge in [-0.25, -0.2) is 9.97 Å². The zero-order valence-corrected chi connectivity index (χ0v) is 14.9. The number of rotatable bonds is 5. The van der Waals surface area contributed by atoms with Gasteiger partial charge in [0, 0.05) is 18.8 Å². The Morgan fingerprint density at radius 1 is 1.28 bits per heavy atom. The monoisotopic (exact) mass is 344 g/mol. The van der Waals surface area contributed by atoms with Crippen molar-refractivity contribution in [2.75, 3.05) is 0 Å². The molecule has 1 saturated carbocycles. The molecule has 134 valence electrons. The predicted molar refractivity (Wildman–Crippen MR) is 90.3 cm³/mol. The number of esters is 1. The number of carbonyl (C=O) groups excluding carboxylic acids is 1. The van der Waals surface area contributed by atoms with Gasteiger partial charge in [-0.2, -0.15) is 4.98 Å². The van der Waals surface area contributed by atoms with Crippen molar-refractivity contribution in [3.8, 4) is 11.6 Å². The van der Waals surface area contributed by atoms with E-state index in [-0.39, 0.29) is 23.9 Å². The van der Waals surface area contributed by atoms with Crippen LogP contribution in [0.1, 0.15) is 52.3 Å². The molecule has 7 heteroatoms. The van der Waals surface area contributed by atoms with Crippen LogP contribution in [0, 0.1) is 11.3 Å². The van der Waals surface area contributed by atoms with Crippen LogP contribution in [-0.4, -0.2) is 32.2 Å². The van der Waals surface area contributed by atoms with Crippen LogP contribution in [0.2, 0.25) is 0 Å². The molecule has 2 aromatic heterocycles. The van der Waals surface area contributed by atoms with E-state index in [1.54, 1.807) is 18.5 Å². The van der Waals surface area contributed by atoms with Gasteiger partial charge >= 0.3 is 5.97 Å². The van der Waals surface area contributed by atoms with Gasteiger partial charge in [0.1, 0.15) is 6.10 Å². The highest BCUT2D eigenvalue weighted by atomic mass is 16.5. The Morgan fingerprint density at radius 2 is 2.04 bits per heavy atom. The van der Waals surface area contributed by atoms with Crippen molar-refractivity contribution in [3.05, 3.63) is 24.4 Å². The van der Waals surface area contributed by atoms with E-state index in [1.165, 1.54) is 6.42 Å².